The average Bonchev–Trinajstić information content (AvgIpc) is 2.33. The van der Waals surface area contributed by atoms with E-state index < -0.39 is 9.84 Å². The van der Waals surface area contributed by atoms with Crippen molar-refractivity contribution >= 4 is 9.84 Å². The van der Waals surface area contributed by atoms with Crippen molar-refractivity contribution < 1.29 is 13.5 Å². The van der Waals surface area contributed by atoms with Crippen molar-refractivity contribution in [3.8, 4) is 0 Å². The molecule has 0 bridgehead atoms. The lowest BCUT2D eigenvalue weighted by molar-refractivity contribution is 0.283. The molecule has 0 unspecified atom stereocenters. The Balaban J connectivity index is 2.32. The van der Waals surface area contributed by atoms with Gasteiger partial charge in [0.05, 0.1) is 4.90 Å². The van der Waals surface area contributed by atoms with Crippen molar-refractivity contribution in [3.63, 3.8) is 0 Å². The van der Waals surface area contributed by atoms with Gasteiger partial charge in [0, 0.05) is 19.4 Å². The van der Waals surface area contributed by atoms with Crippen molar-refractivity contribution in [3.05, 3.63) is 29.8 Å². The van der Waals surface area contributed by atoms with Crippen LogP contribution in [0.4, 0.5) is 0 Å². The van der Waals surface area contributed by atoms with E-state index in [1.165, 1.54) is 6.26 Å². The lowest BCUT2D eigenvalue weighted by Crippen LogP contribution is -2.14. The molecule has 1 aromatic rings. The Morgan fingerprint density at radius 2 is 1.78 bits per heavy atom. The average molecular weight is 271 g/mol. The van der Waals surface area contributed by atoms with Gasteiger partial charge in [0.1, 0.15) is 0 Å². The number of hydrogen-bond acceptors (Lipinski definition) is 4. The molecule has 4 nitrogen and oxygen atoms in total. The van der Waals surface area contributed by atoms with Crippen LogP contribution in [0.25, 0.3) is 0 Å². The number of sulfone groups is 1. The van der Waals surface area contributed by atoms with E-state index in [0.29, 0.717) is 4.90 Å². The second-order valence-electron chi connectivity index (χ2n) is 4.38. The van der Waals surface area contributed by atoms with E-state index in [1.54, 1.807) is 12.1 Å². The predicted molar refractivity (Wildman–Crippen MR) is 72.2 cm³/mol. The van der Waals surface area contributed by atoms with E-state index in [2.05, 4.69) is 5.32 Å². The number of rotatable bonds is 8. The molecular formula is C13H21NO3S. The van der Waals surface area contributed by atoms with Gasteiger partial charge >= 0.3 is 0 Å². The van der Waals surface area contributed by atoms with Gasteiger partial charge in [0.25, 0.3) is 0 Å². The monoisotopic (exact) mass is 271 g/mol. The summed E-state index contributed by atoms with van der Waals surface area (Å²) in [5.41, 5.74) is 1.07. The molecule has 0 saturated heterocycles. The van der Waals surface area contributed by atoms with Gasteiger partial charge in [-0.2, -0.15) is 0 Å². The fourth-order valence-corrected chi connectivity index (χ4v) is 2.26. The summed E-state index contributed by atoms with van der Waals surface area (Å²) in [6.07, 6.45) is 4.13. The van der Waals surface area contributed by atoms with Crippen molar-refractivity contribution in [1.82, 2.24) is 5.32 Å². The van der Waals surface area contributed by atoms with Crippen molar-refractivity contribution in [2.45, 2.75) is 30.7 Å². The van der Waals surface area contributed by atoms with Gasteiger partial charge in [-0.15, -0.1) is 0 Å². The molecule has 0 heterocycles. The van der Waals surface area contributed by atoms with Crippen LogP contribution in [0.1, 0.15) is 24.8 Å². The Kier molecular flexibility index (Phi) is 6.32. The molecule has 0 aliphatic carbocycles. The quantitative estimate of drug-likeness (QED) is 0.700. The number of unbranched alkanes of at least 4 members (excludes halogenated alkanes) is 2. The minimum absolute atomic E-state index is 0.257. The van der Waals surface area contributed by atoms with E-state index in [4.69, 9.17) is 5.11 Å². The largest absolute Gasteiger partial charge is 0.396 e. The van der Waals surface area contributed by atoms with Gasteiger partial charge in [-0.3, -0.25) is 0 Å². The maximum atomic E-state index is 11.3. The molecule has 0 atom stereocenters. The first-order valence-electron chi connectivity index (χ1n) is 6.14. The molecule has 0 radical (unpaired) electrons. The molecule has 5 heteroatoms. The Labute approximate surface area is 109 Å². The Morgan fingerprint density at radius 1 is 1.11 bits per heavy atom. The van der Waals surface area contributed by atoms with Crippen LogP contribution in [0.15, 0.2) is 29.2 Å². The summed E-state index contributed by atoms with van der Waals surface area (Å²) in [5.74, 6) is 0. The van der Waals surface area contributed by atoms with E-state index in [9.17, 15) is 8.42 Å². The van der Waals surface area contributed by atoms with E-state index >= 15 is 0 Å². The van der Waals surface area contributed by atoms with Crippen LogP contribution in [0.2, 0.25) is 0 Å². The van der Waals surface area contributed by atoms with Gasteiger partial charge in [-0.1, -0.05) is 12.1 Å². The number of benzene rings is 1. The van der Waals surface area contributed by atoms with Crippen molar-refractivity contribution in [2.75, 3.05) is 19.4 Å². The molecule has 0 amide bonds. The van der Waals surface area contributed by atoms with E-state index in [0.717, 1.165) is 37.9 Å². The van der Waals surface area contributed by atoms with Crippen molar-refractivity contribution in [2.24, 2.45) is 0 Å². The summed E-state index contributed by atoms with van der Waals surface area (Å²) >= 11 is 0. The number of hydrogen-bond donors (Lipinski definition) is 2. The molecule has 0 aliphatic heterocycles. The van der Waals surface area contributed by atoms with Gasteiger partial charge in [-0.05, 0) is 43.5 Å². The van der Waals surface area contributed by atoms with Gasteiger partial charge < -0.3 is 10.4 Å². The zero-order chi connectivity index (χ0) is 13.4. The highest BCUT2D eigenvalue weighted by Gasteiger charge is 2.05. The summed E-state index contributed by atoms with van der Waals surface area (Å²) in [4.78, 5) is 0.356. The third kappa shape index (κ3) is 5.62. The zero-order valence-corrected chi connectivity index (χ0v) is 11.5. The molecule has 1 rings (SSSR count). The Hall–Kier alpha value is -0.910. The minimum Gasteiger partial charge on any atom is -0.396 e. The Bertz CT molecular complexity index is 440. The Morgan fingerprint density at radius 3 is 2.33 bits per heavy atom. The molecule has 0 aliphatic rings. The topological polar surface area (TPSA) is 66.4 Å². The van der Waals surface area contributed by atoms with Crippen LogP contribution in [-0.2, 0) is 16.4 Å². The summed E-state index contributed by atoms with van der Waals surface area (Å²) in [6, 6.07) is 6.93. The third-order valence-electron chi connectivity index (χ3n) is 2.69. The van der Waals surface area contributed by atoms with Gasteiger partial charge in [0.15, 0.2) is 9.84 Å². The van der Waals surface area contributed by atoms with E-state index in [-0.39, 0.29) is 6.61 Å². The summed E-state index contributed by atoms with van der Waals surface area (Å²) in [5, 5.41) is 11.9. The molecule has 18 heavy (non-hydrogen) atoms. The van der Waals surface area contributed by atoms with Crippen LogP contribution in [0.5, 0.6) is 0 Å². The van der Waals surface area contributed by atoms with Crippen LogP contribution in [-0.4, -0.2) is 32.9 Å². The van der Waals surface area contributed by atoms with Crippen LogP contribution < -0.4 is 5.32 Å². The number of nitrogens with one attached hydrogen (secondary N) is 1. The predicted octanol–water partition coefficient (Wildman–Crippen LogP) is 1.34. The molecule has 0 aromatic heterocycles. The highest BCUT2D eigenvalue weighted by Crippen LogP contribution is 2.10. The van der Waals surface area contributed by atoms with Gasteiger partial charge in [-0.25, -0.2) is 8.42 Å². The number of aliphatic hydroxyl groups is 1. The van der Waals surface area contributed by atoms with Crippen LogP contribution in [0.3, 0.4) is 0 Å². The molecule has 0 spiro atoms. The maximum absolute atomic E-state index is 11.3. The standard InChI is InChI=1S/C13H21NO3S/c1-18(16,17)13-7-5-12(6-8-13)11-14-9-3-2-4-10-15/h5-8,14-15H,2-4,9-11H2,1H3. The lowest BCUT2D eigenvalue weighted by Gasteiger charge is -2.05. The zero-order valence-electron chi connectivity index (χ0n) is 10.7. The molecule has 102 valence electrons. The normalized spacial score (nSPS) is 11.7. The first-order chi connectivity index (χ1) is 8.54. The summed E-state index contributed by atoms with van der Waals surface area (Å²) < 4.78 is 22.5. The van der Waals surface area contributed by atoms with Crippen molar-refractivity contribution in [1.29, 1.82) is 0 Å². The molecule has 2 N–H and O–H groups in total. The first-order valence-corrected chi connectivity index (χ1v) is 8.04. The highest BCUT2D eigenvalue weighted by molar-refractivity contribution is 7.90. The van der Waals surface area contributed by atoms with Gasteiger partial charge in [0.2, 0.25) is 0 Å². The van der Waals surface area contributed by atoms with Crippen LogP contribution in [0, 0.1) is 0 Å². The molecule has 1 aromatic carbocycles. The molecule has 0 saturated carbocycles. The van der Waals surface area contributed by atoms with Crippen LogP contribution >= 0.6 is 0 Å². The fourth-order valence-electron chi connectivity index (χ4n) is 1.63. The van der Waals surface area contributed by atoms with E-state index in [1.807, 2.05) is 12.1 Å². The first kappa shape index (κ1) is 15.1. The molecule has 0 fully saturated rings. The summed E-state index contributed by atoms with van der Waals surface area (Å²) in [7, 11) is -3.10. The smallest absolute Gasteiger partial charge is 0.175 e. The maximum Gasteiger partial charge on any atom is 0.175 e. The third-order valence-corrected chi connectivity index (χ3v) is 3.82. The molecular weight excluding hydrogens is 250 g/mol. The minimum atomic E-state index is -3.10. The second kappa shape index (κ2) is 7.51. The highest BCUT2D eigenvalue weighted by atomic mass is 32.2. The second-order valence-corrected chi connectivity index (χ2v) is 6.39. The fraction of sp³-hybridized carbons (Fsp3) is 0.538. The SMILES string of the molecule is CS(=O)(=O)c1ccc(CNCCCCCO)cc1. The number of aliphatic hydroxyl groups excluding tert-OH is 1. The summed E-state index contributed by atoms with van der Waals surface area (Å²) in [6.45, 7) is 1.91. The lowest BCUT2D eigenvalue weighted by atomic mass is 10.2.